The maximum Gasteiger partial charge on any atom is 0.346 e. The van der Waals surface area contributed by atoms with Crippen LogP contribution in [0.1, 0.15) is 28.6 Å². The van der Waals surface area contributed by atoms with Gasteiger partial charge < -0.3 is 5.11 Å². The Morgan fingerprint density at radius 1 is 1.53 bits per heavy atom. The van der Waals surface area contributed by atoms with E-state index in [4.69, 9.17) is 5.11 Å². The number of aromatic nitrogens is 2. The van der Waals surface area contributed by atoms with Crippen LogP contribution in [0.15, 0.2) is 23.5 Å². The summed E-state index contributed by atoms with van der Waals surface area (Å²) in [6, 6.07) is 0. The number of thioether (sulfide) groups is 1. The van der Waals surface area contributed by atoms with Crippen molar-refractivity contribution in [3.05, 3.63) is 28.9 Å². The minimum absolute atomic E-state index is 0.345. The van der Waals surface area contributed by atoms with Crippen molar-refractivity contribution in [3.63, 3.8) is 0 Å². The number of carboxylic acids is 1. The second kappa shape index (κ2) is 5.71. The summed E-state index contributed by atoms with van der Waals surface area (Å²) in [5, 5.41) is 10.9. The number of allylic oxidation sites excluding steroid dienone is 1. The molecule has 2 aromatic heterocycles. The van der Waals surface area contributed by atoms with Crippen molar-refractivity contribution in [3.8, 4) is 0 Å². The lowest BCUT2D eigenvalue weighted by Gasteiger charge is -2.03. The normalized spacial score (nSPS) is 10.8. The van der Waals surface area contributed by atoms with E-state index in [-0.39, 0.29) is 0 Å². The molecular formula is C13H14N2O2S2. The van der Waals surface area contributed by atoms with Gasteiger partial charge in [-0.1, -0.05) is 5.57 Å². The molecule has 1 N–H and O–H groups in total. The van der Waals surface area contributed by atoms with Gasteiger partial charge in [0, 0.05) is 11.1 Å². The summed E-state index contributed by atoms with van der Waals surface area (Å²) in [6.45, 7) is 7.68. The molecule has 100 valence electrons. The van der Waals surface area contributed by atoms with E-state index >= 15 is 0 Å². The lowest BCUT2D eigenvalue weighted by Crippen LogP contribution is -1.94. The minimum Gasteiger partial charge on any atom is -0.477 e. The van der Waals surface area contributed by atoms with Gasteiger partial charge in [0.2, 0.25) is 0 Å². The molecule has 4 nitrogen and oxygen atoms in total. The Morgan fingerprint density at radius 2 is 2.26 bits per heavy atom. The van der Waals surface area contributed by atoms with Crippen molar-refractivity contribution in [2.45, 2.75) is 25.3 Å². The Kier molecular flexibility index (Phi) is 4.21. The van der Waals surface area contributed by atoms with E-state index in [1.165, 1.54) is 17.7 Å². The average molecular weight is 294 g/mol. The average Bonchev–Trinajstić information content (AvgIpc) is 2.67. The van der Waals surface area contributed by atoms with Gasteiger partial charge in [-0.15, -0.1) is 29.7 Å². The summed E-state index contributed by atoms with van der Waals surface area (Å²) in [7, 11) is 0. The van der Waals surface area contributed by atoms with Crippen molar-refractivity contribution in [1.82, 2.24) is 9.97 Å². The Hall–Kier alpha value is -1.40. The highest BCUT2D eigenvalue weighted by atomic mass is 32.2. The zero-order valence-electron chi connectivity index (χ0n) is 10.8. The molecular weight excluding hydrogens is 280 g/mol. The fourth-order valence-corrected chi connectivity index (χ4v) is 3.89. The van der Waals surface area contributed by atoms with Gasteiger partial charge in [0.1, 0.15) is 21.1 Å². The van der Waals surface area contributed by atoms with Crippen molar-refractivity contribution < 1.29 is 9.90 Å². The Balaban J connectivity index is 2.39. The second-order valence-electron chi connectivity index (χ2n) is 4.28. The molecule has 0 aliphatic carbocycles. The standard InChI is InChI=1S/C13H14N2O2S2/c1-7(2)4-5-18-11-9-8(3)10(13(16)17)19-12(9)15-6-14-11/h6H,1,4-5H2,2-3H3,(H,16,17). The molecule has 0 amide bonds. The highest BCUT2D eigenvalue weighted by Crippen LogP contribution is 2.35. The van der Waals surface area contributed by atoms with E-state index in [1.54, 1.807) is 11.8 Å². The Bertz CT molecular complexity index is 649. The highest BCUT2D eigenvalue weighted by molar-refractivity contribution is 7.99. The third-order valence-electron chi connectivity index (χ3n) is 2.65. The molecule has 0 aromatic carbocycles. The van der Waals surface area contributed by atoms with E-state index in [1.807, 2.05) is 13.8 Å². The monoisotopic (exact) mass is 294 g/mol. The van der Waals surface area contributed by atoms with Crippen LogP contribution in [0.5, 0.6) is 0 Å². The van der Waals surface area contributed by atoms with Gasteiger partial charge in [0.05, 0.1) is 0 Å². The van der Waals surface area contributed by atoms with Crippen molar-refractivity contribution in [2.24, 2.45) is 0 Å². The van der Waals surface area contributed by atoms with Gasteiger partial charge in [-0.3, -0.25) is 0 Å². The van der Waals surface area contributed by atoms with Crippen LogP contribution in [0.25, 0.3) is 10.2 Å². The topological polar surface area (TPSA) is 63.1 Å². The molecule has 2 heterocycles. The molecule has 2 aromatic rings. The van der Waals surface area contributed by atoms with Crippen LogP contribution in [-0.4, -0.2) is 26.8 Å². The highest BCUT2D eigenvalue weighted by Gasteiger charge is 2.18. The number of nitrogens with zero attached hydrogens (tertiary/aromatic N) is 2. The predicted octanol–water partition coefficient (Wildman–Crippen LogP) is 3.76. The SMILES string of the molecule is C=C(C)CCSc1ncnc2sc(C(=O)O)c(C)c12. The quantitative estimate of drug-likeness (QED) is 0.517. The van der Waals surface area contributed by atoms with Gasteiger partial charge in [-0.2, -0.15) is 0 Å². The molecule has 0 saturated carbocycles. The van der Waals surface area contributed by atoms with Gasteiger partial charge in [-0.25, -0.2) is 14.8 Å². The van der Waals surface area contributed by atoms with E-state index in [9.17, 15) is 4.79 Å². The molecule has 6 heteroatoms. The molecule has 0 radical (unpaired) electrons. The number of fused-ring (bicyclic) bond motifs is 1. The molecule has 0 atom stereocenters. The summed E-state index contributed by atoms with van der Waals surface area (Å²) < 4.78 is 0. The third-order valence-corrected chi connectivity index (χ3v) is 4.83. The molecule has 0 bridgehead atoms. The number of thiophene rings is 1. The van der Waals surface area contributed by atoms with Gasteiger partial charge >= 0.3 is 5.97 Å². The molecule has 0 aliphatic rings. The van der Waals surface area contributed by atoms with E-state index in [2.05, 4.69) is 16.5 Å². The summed E-state index contributed by atoms with van der Waals surface area (Å²) in [4.78, 5) is 20.7. The van der Waals surface area contributed by atoms with Crippen LogP contribution >= 0.6 is 23.1 Å². The molecule has 0 unspecified atom stereocenters. The fraction of sp³-hybridized carbons (Fsp3) is 0.308. The van der Waals surface area contributed by atoms with Gasteiger partial charge in [-0.05, 0) is 25.8 Å². The molecule has 0 fully saturated rings. The van der Waals surface area contributed by atoms with E-state index in [0.717, 1.165) is 38.6 Å². The summed E-state index contributed by atoms with van der Waals surface area (Å²) in [5.41, 5.74) is 1.89. The fourth-order valence-electron chi connectivity index (χ4n) is 1.67. The Morgan fingerprint density at radius 3 is 2.89 bits per heavy atom. The van der Waals surface area contributed by atoms with E-state index < -0.39 is 5.97 Å². The number of hydrogen-bond donors (Lipinski definition) is 1. The lowest BCUT2D eigenvalue weighted by atomic mass is 10.2. The number of aromatic carboxylic acids is 1. The Labute approximate surface area is 119 Å². The number of rotatable bonds is 5. The maximum absolute atomic E-state index is 11.1. The third kappa shape index (κ3) is 2.96. The summed E-state index contributed by atoms with van der Waals surface area (Å²) in [6.07, 6.45) is 2.41. The maximum atomic E-state index is 11.1. The largest absolute Gasteiger partial charge is 0.477 e. The minimum atomic E-state index is -0.904. The number of aryl methyl sites for hydroxylation is 1. The first-order chi connectivity index (χ1) is 9.00. The first-order valence-corrected chi connectivity index (χ1v) is 7.55. The van der Waals surface area contributed by atoms with Crippen LogP contribution in [0.4, 0.5) is 0 Å². The molecule has 0 aliphatic heterocycles. The van der Waals surface area contributed by atoms with Crippen LogP contribution in [0.2, 0.25) is 0 Å². The zero-order chi connectivity index (χ0) is 14.0. The van der Waals surface area contributed by atoms with Crippen LogP contribution in [0, 0.1) is 6.92 Å². The molecule has 0 spiro atoms. The molecule has 2 rings (SSSR count). The van der Waals surface area contributed by atoms with Crippen LogP contribution in [0.3, 0.4) is 0 Å². The molecule has 0 saturated heterocycles. The predicted molar refractivity (Wildman–Crippen MR) is 79.3 cm³/mol. The summed E-state index contributed by atoms with van der Waals surface area (Å²) in [5.74, 6) is -0.0162. The lowest BCUT2D eigenvalue weighted by molar-refractivity contribution is 0.0701. The summed E-state index contributed by atoms with van der Waals surface area (Å²) >= 11 is 2.82. The van der Waals surface area contributed by atoms with Crippen LogP contribution in [-0.2, 0) is 0 Å². The van der Waals surface area contributed by atoms with Gasteiger partial charge in [0.15, 0.2) is 0 Å². The number of hydrogen-bond acceptors (Lipinski definition) is 5. The first kappa shape index (κ1) is 14.0. The number of carbonyl (C=O) groups is 1. The van der Waals surface area contributed by atoms with Gasteiger partial charge in [0.25, 0.3) is 0 Å². The van der Waals surface area contributed by atoms with Crippen molar-refractivity contribution >= 4 is 39.3 Å². The smallest absolute Gasteiger partial charge is 0.346 e. The second-order valence-corrected chi connectivity index (χ2v) is 6.36. The van der Waals surface area contributed by atoms with Crippen molar-refractivity contribution in [1.29, 1.82) is 0 Å². The molecule has 19 heavy (non-hydrogen) atoms. The van der Waals surface area contributed by atoms with Crippen LogP contribution < -0.4 is 0 Å². The first-order valence-electron chi connectivity index (χ1n) is 5.75. The zero-order valence-corrected chi connectivity index (χ0v) is 12.4. The number of carboxylic acid groups (broad SMARTS) is 1. The van der Waals surface area contributed by atoms with E-state index in [0.29, 0.717) is 4.88 Å². The van der Waals surface area contributed by atoms with Crippen molar-refractivity contribution in [2.75, 3.05) is 5.75 Å².